The van der Waals surface area contributed by atoms with Crippen LogP contribution in [0.1, 0.15) is 11.1 Å². The Kier molecular flexibility index (Phi) is 7.33. The van der Waals surface area contributed by atoms with E-state index < -0.39 is 0 Å². The zero-order valence-corrected chi connectivity index (χ0v) is 29.8. The molecule has 1 nitrogen and oxygen atoms in total. The second kappa shape index (κ2) is 12.5. The molecule has 0 unspecified atom stereocenters. The monoisotopic (exact) mass is 675 g/mol. The molecule has 10 rings (SSSR count). The van der Waals surface area contributed by atoms with Gasteiger partial charge in [-0.2, -0.15) is 0 Å². The highest BCUT2D eigenvalue weighted by molar-refractivity contribution is 6.13. The van der Waals surface area contributed by atoms with E-state index in [-0.39, 0.29) is 0 Å². The third-order valence-electron chi connectivity index (χ3n) is 11.0. The maximum Gasteiger partial charge on any atom is 0.0497 e. The van der Waals surface area contributed by atoms with Gasteiger partial charge in [0.15, 0.2) is 0 Å². The molecule has 53 heavy (non-hydrogen) atoms. The van der Waals surface area contributed by atoms with Crippen LogP contribution in [-0.4, -0.2) is 0 Å². The normalized spacial score (nSPS) is 11.6. The molecule has 0 N–H and O–H groups in total. The van der Waals surface area contributed by atoms with Gasteiger partial charge >= 0.3 is 0 Å². The summed E-state index contributed by atoms with van der Waals surface area (Å²) in [5, 5.41) is 5.03. The van der Waals surface area contributed by atoms with Gasteiger partial charge in [-0.3, -0.25) is 0 Å². The summed E-state index contributed by atoms with van der Waals surface area (Å²) in [6, 6.07) is 69.1. The molecular formula is C52H37N. The summed E-state index contributed by atoms with van der Waals surface area (Å²) in [5.74, 6) is 0. The molecule has 9 aromatic rings. The van der Waals surface area contributed by atoms with Crippen molar-refractivity contribution in [3.63, 3.8) is 0 Å². The lowest BCUT2D eigenvalue weighted by Gasteiger charge is -2.30. The van der Waals surface area contributed by atoms with Crippen LogP contribution in [0.15, 0.2) is 188 Å². The number of hydrogen-bond donors (Lipinski definition) is 0. The van der Waals surface area contributed by atoms with Crippen LogP contribution in [0.2, 0.25) is 0 Å². The van der Waals surface area contributed by atoms with Crippen molar-refractivity contribution in [1.82, 2.24) is 0 Å². The van der Waals surface area contributed by atoms with Crippen LogP contribution in [0.25, 0.3) is 77.2 Å². The lowest BCUT2D eigenvalue weighted by atomic mass is 9.77. The topological polar surface area (TPSA) is 3.24 Å². The van der Waals surface area contributed by atoms with E-state index in [2.05, 4.69) is 207 Å². The lowest BCUT2D eigenvalue weighted by Crippen LogP contribution is -2.13. The molecule has 0 saturated carbocycles. The van der Waals surface area contributed by atoms with Crippen molar-refractivity contribution >= 4 is 38.6 Å². The van der Waals surface area contributed by atoms with E-state index in [0.29, 0.717) is 0 Å². The van der Waals surface area contributed by atoms with Crippen molar-refractivity contribution in [3.8, 4) is 55.6 Å². The maximum atomic E-state index is 2.44. The summed E-state index contributed by atoms with van der Waals surface area (Å²) in [6.07, 6.45) is 0. The first-order chi connectivity index (χ1) is 26.1. The van der Waals surface area contributed by atoms with Gasteiger partial charge < -0.3 is 4.90 Å². The number of nitrogens with zero attached hydrogens (tertiary/aromatic N) is 1. The summed E-state index contributed by atoms with van der Waals surface area (Å²) in [4.78, 5) is 2.44. The number of benzene rings is 9. The van der Waals surface area contributed by atoms with Crippen LogP contribution < -0.4 is 4.90 Å². The van der Waals surface area contributed by atoms with Gasteiger partial charge in [-0.15, -0.1) is 0 Å². The van der Waals surface area contributed by atoms with Crippen LogP contribution in [0, 0.1) is 13.8 Å². The zero-order valence-electron chi connectivity index (χ0n) is 29.8. The van der Waals surface area contributed by atoms with Gasteiger partial charge in [0.05, 0.1) is 0 Å². The fraction of sp³-hybridized carbons (Fsp3) is 0.0385. The number of anilines is 3. The molecule has 0 heterocycles. The maximum absolute atomic E-state index is 2.44. The fourth-order valence-corrected chi connectivity index (χ4v) is 8.20. The lowest BCUT2D eigenvalue weighted by molar-refractivity contribution is 1.23. The summed E-state index contributed by atoms with van der Waals surface area (Å²) in [6.45, 7) is 4.42. The largest absolute Gasteiger partial charge is 0.310 e. The van der Waals surface area contributed by atoms with Crippen molar-refractivity contribution < 1.29 is 0 Å². The Labute approximate surface area is 311 Å². The average Bonchev–Trinajstić information content (AvgIpc) is 3.21. The van der Waals surface area contributed by atoms with Crippen LogP contribution in [0.5, 0.6) is 0 Å². The number of para-hydroxylation sites is 1. The van der Waals surface area contributed by atoms with Crippen LogP contribution >= 0.6 is 0 Å². The van der Waals surface area contributed by atoms with E-state index in [1.165, 1.54) is 99.7 Å². The van der Waals surface area contributed by atoms with Crippen molar-refractivity contribution in [1.29, 1.82) is 0 Å². The first-order valence-electron chi connectivity index (χ1n) is 18.4. The summed E-state index contributed by atoms with van der Waals surface area (Å²) < 4.78 is 0. The fourth-order valence-electron chi connectivity index (χ4n) is 8.20. The summed E-state index contributed by atoms with van der Waals surface area (Å²) >= 11 is 0. The average molecular weight is 676 g/mol. The molecular weight excluding hydrogens is 639 g/mol. The Bertz CT molecular complexity index is 2830. The van der Waals surface area contributed by atoms with Crippen LogP contribution in [0.3, 0.4) is 0 Å². The van der Waals surface area contributed by atoms with Crippen molar-refractivity contribution in [2.75, 3.05) is 4.90 Å². The van der Waals surface area contributed by atoms with Gasteiger partial charge in [0.2, 0.25) is 0 Å². The van der Waals surface area contributed by atoms with E-state index in [9.17, 15) is 0 Å². The zero-order chi connectivity index (χ0) is 35.5. The molecule has 0 bridgehead atoms. The third-order valence-corrected chi connectivity index (χ3v) is 11.0. The second-order valence-electron chi connectivity index (χ2n) is 14.3. The minimum absolute atomic E-state index is 1.15. The first-order valence-corrected chi connectivity index (χ1v) is 18.4. The molecule has 0 fully saturated rings. The molecule has 0 aromatic heterocycles. The Morgan fingerprint density at radius 2 is 0.736 bits per heavy atom. The van der Waals surface area contributed by atoms with Crippen molar-refractivity contribution in [2.45, 2.75) is 13.8 Å². The molecule has 1 heteroatoms. The molecule has 1 aliphatic carbocycles. The molecule has 1 aliphatic rings. The number of rotatable bonds is 6. The molecule has 0 spiro atoms. The van der Waals surface area contributed by atoms with Crippen molar-refractivity contribution in [3.05, 3.63) is 199 Å². The van der Waals surface area contributed by atoms with Gasteiger partial charge in [-0.25, -0.2) is 0 Å². The van der Waals surface area contributed by atoms with Crippen molar-refractivity contribution in [2.24, 2.45) is 0 Å². The smallest absolute Gasteiger partial charge is 0.0497 e. The molecule has 0 saturated heterocycles. The van der Waals surface area contributed by atoms with E-state index in [4.69, 9.17) is 0 Å². The minimum Gasteiger partial charge on any atom is -0.310 e. The van der Waals surface area contributed by atoms with Crippen LogP contribution in [0.4, 0.5) is 17.1 Å². The highest BCUT2D eigenvalue weighted by Gasteiger charge is 2.25. The molecule has 0 radical (unpaired) electrons. The number of fused-ring (bicyclic) bond motifs is 6. The molecule has 0 aliphatic heterocycles. The Morgan fingerprint density at radius 3 is 1.30 bits per heavy atom. The highest BCUT2D eigenvalue weighted by Crippen LogP contribution is 2.52. The molecule has 250 valence electrons. The van der Waals surface area contributed by atoms with Gasteiger partial charge in [0.1, 0.15) is 0 Å². The van der Waals surface area contributed by atoms with Crippen LogP contribution in [-0.2, 0) is 0 Å². The Hall–Kier alpha value is -6.70. The minimum atomic E-state index is 1.15. The van der Waals surface area contributed by atoms with E-state index >= 15 is 0 Å². The SMILES string of the molecule is Cc1ccccc1N(c1ccc2cc3c(cc2c1)-c1cc2cc(-c4ccccc4)c(-c4ccccc4)cc2cc1-3)c1cc(-c2ccccc2)ccc1C. The predicted molar refractivity (Wildman–Crippen MR) is 226 cm³/mol. The molecule has 0 amide bonds. The van der Waals surface area contributed by atoms with Gasteiger partial charge in [-0.1, -0.05) is 127 Å². The summed E-state index contributed by atoms with van der Waals surface area (Å²) in [5.41, 5.74) is 18.7. The van der Waals surface area contributed by atoms with E-state index in [1.807, 2.05) is 0 Å². The van der Waals surface area contributed by atoms with Gasteiger partial charge in [-0.05, 0) is 163 Å². The number of aryl methyl sites for hydroxylation is 2. The third kappa shape index (κ3) is 5.32. The Balaban J connectivity index is 1.10. The second-order valence-corrected chi connectivity index (χ2v) is 14.3. The van der Waals surface area contributed by atoms with Gasteiger partial charge in [0.25, 0.3) is 0 Å². The first kappa shape index (κ1) is 31.1. The molecule has 0 atom stereocenters. The molecule has 9 aromatic carbocycles. The quantitative estimate of drug-likeness (QED) is 0.170. The van der Waals surface area contributed by atoms with E-state index in [0.717, 1.165) is 5.69 Å². The summed E-state index contributed by atoms with van der Waals surface area (Å²) in [7, 11) is 0. The highest BCUT2D eigenvalue weighted by atomic mass is 15.1. The predicted octanol–water partition coefficient (Wildman–Crippen LogP) is 14.7. The van der Waals surface area contributed by atoms with Gasteiger partial charge in [0, 0.05) is 17.1 Å². The van der Waals surface area contributed by atoms with E-state index in [1.54, 1.807) is 0 Å². The standard InChI is InChI=1S/C52H37N/c1-34-14-12-13-21-51(34)53(52-33-40(23-22-35(52)2)36-15-6-3-7-16-36)44-25-24-39-27-47-48(30-41(39)26-44)50-32-43-29-46(38-19-10-5-11-20-38)45(28-42(43)31-49(47)50)37-17-8-4-9-18-37/h3-33H,1-2H3. The Morgan fingerprint density at radius 1 is 0.283 bits per heavy atom. The number of hydrogen-bond acceptors (Lipinski definition) is 1.